The van der Waals surface area contributed by atoms with Gasteiger partial charge in [0.25, 0.3) is 0 Å². The molecular weight excluding hydrogens is 430 g/mol. The number of carbonyl (C=O) groups is 2. The summed E-state index contributed by atoms with van der Waals surface area (Å²) in [6, 6.07) is 17.6. The second-order valence-corrected chi connectivity index (χ2v) is 9.63. The van der Waals surface area contributed by atoms with E-state index in [0.29, 0.717) is 21.8 Å². The van der Waals surface area contributed by atoms with Crippen LogP contribution >= 0.6 is 11.3 Å². The standard InChI is InChI=1S/C28H19NO3S/c1-14-8-15(2)25(16(3)9-14)22-13-23-28(32-22)29-24(33-23)12-21-26(30)19-10-17-6-4-5-7-18(17)11-20(19)27(21)31/h4-13H,1-3H3. The number of rotatable bonds is 2. The highest BCUT2D eigenvalue weighted by atomic mass is 32.1. The fraction of sp³-hybridized carbons (Fsp3) is 0.107. The van der Waals surface area contributed by atoms with Gasteiger partial charge in [0.1, 0.15) is 10.8 Å². The van der Waals surface area contributed by atoms with Gasteiger partial charge in [0.2, 0.25) is 5.71 Å². The maximum Gasteiger partial charge on any atom is 0.238 e. The van der Waals surface area contributed by atoms with E-state index in [1.807, 2.05) is 30.3 Å². The van der Waals surface area contributed by atoms with Gasteiger partial charge in [0, 0.05) is 22.8 Å². The van der Waals surface area contributed by atoms with Gasteiger partial charge in [-0.2, -0.15) is 0 Å². The monoisotopic (exact) mass is 449 g/mol. The molecule has 4 nitrogen and oxygen atoms in total. The molecule has 6 rings (SSSR count). The molecule has 5 aromatic rings. The van der Waals surface area contributed by atoms with Crippen LogP contribution in [0.4, 0.5) is 0 Å². The van der Waals surface area contributed by atoms with E-state index in [2.05, 4.69) is 37.9 Å². The smallest absolute Gasteiger partial charge is 0.238 e. The van der Waals surface area contributed by atoms with E-state index in [1.54, 1.807) is 18.2 Å². The Morgan fingerprint density at radius 1 is 0.848 bits per heavy atom. The Balaban J connectivity index is 1.39. The number of hydrogen-bond acceptors (Lipinski definition) is 5. The molecule has 160 valence electrons. The number of carbonyl (C=O) groups excluding carboxylic acids is 2. The molecule has 3 aromatic carbocycles. The van der Waals surface area contributed by atoms with E-state index in [-0.39, 0.29) is 17.1 Å². The molecule has 0 atom stereocenters. The van der Waals surface area contributed by atoms with Gasteiger partial charge >= 0.3 is 0 Å². The summed E-state index contributed by atoms with van der Waals surface area (Å²) < 4.78 is 6.96. The summed E-state index contributed by atoms with van der Waals surface area (Å²) in [5, 5.41) is 2.47. The SMILES string of the molecule is Cc1cc(C)c(-c2cc3sc(C=C4C(=O)c5cc6ccccc6cc5C4=O)nc3o2)c(C)c1. The summed E-state index contributed by atoms with van der Waals surface area (Å²) in [5.41, 5.74) is 6.19. The summed E-state index contributed by atoms with van der Waals surface area (Å²) in [6.07, 6.45) is 1.59. The van der Waals surface area contributed by atoms with Gasteiger partial charge < -0.3 is 4.42 Å². The molecule has 0 amide bonds. The quantitative estimate of drug-likeness (QED) is 0.213. The number of hydrogen-bond donors (Lipinski definition) is 0. The first-order valence-electron chi connectivity index (χ1n) is 10.7. The van der Waals surface area contributed by atoms with Crippen LogP contribution in [0.25, 0.3) is 38.6 Å². The lowest BCUT2D eigenvalue weighted by Crippen LogP contribution is -2.00. The predicted octanol–water partition coefficient (Wildman–Crippen LogP) is 7.10. The Kier molecular flexibility index (Phi) is 4.26. The van der Waals surface area contributed by atoms with E-state index < -0.39 is 0 Å². The minimum absolute atomic E-state index is 0.155. The predicted molar refractivity (Wildman–Crippen MR) is 132 cm³/mol. The van der Waals surface area contributed by atoms with E-state index in [4.69, 9.17) is 4.42 Å². The van der Waals surface area contributed by atoms with Crippen molar-refractivity contribution in [1.29, 1.82) is 0 Å². The number of allylic oxidation sites excluding steroid dienone is 1. The average Bonchev–Trinajstić information content (AvgIpc) is 3.39. The lowest BCUT2D eigenvalue weighted by atomic mass is 9.98. The molecule has 0 radical (unpaired) electrons. The van der Waals surface area contributed by atoms with Crippen LogP contribution < -0.4 is 0 Å². The van der Waals surface area contributed by atoms with Crippen molar-refractivity contribution in [3.63, 3.8) is 0 Å². The van der Waals surface area contributed by atoms with Crippen LogP contribution in [-0.2, 0) is 0 Å². The molecule has 1 aliphatic rings. The average molecular weight is 450 g/mol. The lowest BCUT2D eigenvalue weighted by Gasteiger charge is -2.08. The minimum Gasteiger partial charge on any atom is -0.437 e. The number of nitrogens with zero attached hydrogens (tertiary/aromatic N) is 1. The van der Waals surface area contributed by atoms with Crippen molar-refractivity contribution in [1.82, 2.24) is 4.98 Å². The molecule has 0 saturated carbocycles. The Morgan fingerprint density at radius 3 is 2.03 bits per heavy atom. The highest BCUT2D eigenvalue weighted by Crippen LogP contribution is 2.37. The number of furan rings is 1. The molecule has 1 aliphatic carbocycles. The number of aromatic nitrogens is 1. The highest BCUT2D eigenvalue weighted by molar-refractivity contribution is 7.19. The van der Waals surface area contributed by atoms with E-state index in [1.165, 1.54) is 16.9 Å². The van der Waals surface area contributed by atoms with Crippen molar-refractivity contribution < 1.29 is 14.0 Å². The van der Waals surface area contributed by atoms with Crippen molar-refractivity contribution >= 4 is 50.2 Å². The molecule has 0 fully saturated rings. The van der Waals surface area contributed by atoms with Crippen molar-refractivity contribution in [2.75, 3.05) is 0 Å². The van der Waals surface area contributed by atoms with Crippen LogP contribution in [0.1, 0.15) is 42.4 Å². The molecule has 5 heteroatoms. The van der Waals surface area contributed by atoms with E-state index in [0.717, 1.165) is 37.9 Å². The summed E-state index contributed by atoms with van der Waals surface area (Å²) >= 11 is 1.41. The number of thiazole rings is 1. The number of fused-ring (bicyclic) bond motifs is 3. The normalized spacial score (nSPS) is 13.4. The molecule has 0 spiro atoms. The van der Waals surface area contributed by atoms with Crippen LogP contribution in [0.3, 0.4) is 0 Å². The summed E-state index contributed by atoms with van der Waals surface area (Å²) in [6.45, 7) is 6.24. The first kappa shape index (κ1) is 19.8. The van der Waals surface area contributed by atoms with Crippen LogP contribution in [0.15, 0.2) is 64.6 Å². The first-order valence-corrected chi connectivity index (χ1v) is 11.5. The topological polar surface area (TPSA) is 60.2 Å². The second-order valence-electron chi connectivity index (χ2n) is 8.57. The molecule has 0 aliphatic heterocycles. The number of aryl methyl sites for hydroxylation is 3. The van der Waals surface area contributed by atoms with Gasteiger partial charge in [-0.05, 0) is 60.9 Å². The van der Waals surface area contributed by atoms with Crippen LogP contribution in [-0.4, -0.2) is 16.6 Å². The van der Waals surface area contributed by atoms with Crippen molar-refractivity contribution in [3.05, 3.63) is 93.0 Å². The fourth-order valence-corrected chi connectivity index (χ4v) is 5.64. The zero-order valence-electron chi connectivity index (χ0n) is 18.4. The zero-order valence-corrected chi connectivity index (χ0v) is 19.2. The molecule has 2 heterocycles. The Bertz CT molecular complexity index is 1570. The second kappa shape index (κ2) is 7.09. The van der Waals surface area contributed by atoms with Gasteiger partial charge in [-0.3, -0.25) is 9.59 Å². The Hall–Kier alpha value is -3.83. The van der Waals surface area contributed by atoms with E-state index >= 15 is 0 Å². The maximum atomic E-state index is 13.0. The largest absolute Gasteiger partial charge is 0.437 e. The molecule has 2 aromatic heterocycles. The molecule has 0 N–H and O–H groups in total. The third-order valence-corrected chi connectivity index (χ3v) is 7.09. The Labute approximate surface area is 194 Å². The molecule has 0 unspecified atom stereocenters. The van der Waals surface area contributed by atoms with Crippen molar-refractivity contribution in [2.24, 2.45) is 0 Å². The van der Waals surface area contributed by atoms with Crippen molar-refractivity contribution in [3.8, 4) is 11.3 Å². The number of Topliss-reactive ketones (excluding diaryl/α,β-unsaturated/α-hetero) is 2. The Morgan fingerprint density at radius 2 is 1.45 bits per heavy atom. The third kappa shape index (κ3) is 3.08. The molecular formula is C28H19NO3S. The zero-order chi connectivity index (χ0) is 22.9. The first-order chi connectivity index (χ1) is 15.9. The van der Waals surface area contributed by atoms with Gasteiger partial charge in [-0.25, -0.2) is 4.98 Å². The van der Waals surface area contributed by atoms with Crippen LogP contribution in [0.5, 0.6) is 0 Å². The van der Waals surface area contributed by atoms with E-state index in [9.17, 15) is 9.59 Å². The third-order valence-electron chi connectivity index (χ3n) is 6.16. The van der Waals surface area contributed by atoms with Gasteiger partial charge in [0.05, 0.1) is 10.3 Å². The number of ketones is 2. The highest BCUT2D eigenvalue weighted by Gasteiger charge is 2.33. The van der Waals surface area contributed by atoms with Crippen molar-refractivity contribution in [2.45, 2.75) is 20.8 Å². The summed E-state index contributed by atoms with van der Waals surface area (Å²) in [7, 11) is 0. The van der Waals surface area contributed by atoms with Gasteiger partial charge in [0.15, 0.2) is 11.6 Å². The van der Waals surface area contributed by atoms with Gasteiger partial charge in [-0.15, -0.1) is 11.3 Å². The fourth-order valence-electron chi connectivity index (χ4n) is 4.77. The van der Waals surface area contributed by atoms with Gasteiger partial charge in [-0.1, -0.05) is 42.0 Å². The molecule has 0 bridgehead atoms. The minimum atomic E-state index is -0.251. The maximum absolute atomic E-state index is 13.0. The summed E-state index contributed by atoms with van der Waals surface area (Å²) in [5.74, 6) is 0.281. The van der Waals surface area contributed by atoms with Crippen LogP contribution in [0.2, 0.25) is 0 Å². The molecule has 33 heavy (non-hydrogen) atoms. The van der Waals surface area contributed by atoms with Crippen LogP contribution in [0, 0.1) is 20.8 Å². The molecule has 0 saturated heterocycles. The lowest BCUT2D eigenvalue weighted by molar-refractivity contribution is 0.0990. The summed E-state index contributed by atoms with van der Waals surface area (Å²) in [4.78, 5) is 30.6. The number of benzene rings is 3.